The summed E-state index contributed by atoms with van der Waals surface area (Å²) in [5.74, 6) is 0. The molecule has 0 radical (unpaired) electrons. The zero-order chi connectivity index (χ0) is 16.0. The Morgan fingerprint density at radius 2 is 1.29 bits per heavy atom. The second kappa shape index (κ2) is 13.8. The molecule has 128 valence electrons. The van der Waals surface area contributed by atoms with E-state index in [0.29, 0.717) is 6.61 Å². The Morgan fingerprint density at radius 3 is 1.76 bits per heavy atom. The second-order valence-electron chi connectivity index (χ2n) is 5.77. The molecule has 1 atom stereocenters. The summed E-state index contributed by atoms with van der Waals surface area (Å²) in [4.78, 5) is 0. The number of thiol groups is 1. The Bertz CT molecular complexity index is 214. The molecule has 0 saturated heterocycles. The van der Waals surface area contributed by atoms with Crippen LogP contribution >= 0.6 is 12.6 Å². The number of hydrogen-bond acceptors (Lipinski definition) is 6. The predicted octanol–water partition coefficient (Wildman–Crippen LogP) is 1.34. The first kappa shape index (κ1) is 21.1. The van der Waals surface area contributed by atoms with E-state index >= 15 is 0 Å². The van der Waals surface area contributed by atoms with Crippen molar-refractivity contribution in [3.63, 3.8) is 0 Å². The number of aliphatic hydroxyl groups is 4. The van der Waals surface area contributed by atoms with E-state index in [1.807, 2.05) is 0 Å². The van der Waals surface area contributed by atoms with Crippen molar-refractivity contribution < 1.29 is 25.2 Å². The maximum Gasteiger partial charge on any atom is 0.0964 e. The molecule has 0 spiro atoms. The quantitative estimate of drug-likeness (QED) is 0.178. The summed E-state index contributed by atoms with van der Waals surface area (Å²) in [6.45, 7) is -0.0565. The summed E-state index contributed by atoms with van der Waals surface area (Å²) in [6.07, 6.45) is 8.52. The summed E-state index contributed by atoms with van der Waals surface area (Å²) >= 11 is 3.93. The molecule has 0 aliphatic carbocycles. The highest BCUT2D eigenvalue weighted by Crippen LogP contribution is 2.15. The maximum absolute atomic E-state index is 9.13. The summed E-state index contributed by atoms with van der Waals surface area (Å²) in [6, 6.07) is 0. The van der Waals surface area contributed by atoms with Crippen LogP contribution in [0.3, 0.4) is 0 Å². The molecule has 1 unspecified atom stereocenters. The van der Waals surface area contributed by atoms with Gasteiger partial charge in [0.15, 0.2) is 0 Å². The molecule has 0 aromatic rings. The van der Waals surface area contributed by atoms with E-state index in [4.69, 9.17) is 25.2 Å². The van der Waals surface area contributed by atoms with Crippen molar-refractivity contribution in [2.45, 2.75) is 56.8 Å². The van der Waals surface area contributed by atoms with Crippen LogP contribution in [0.4, 0.5) is 0 Å². The molecule has 0 saturated carbocycles. The van der Waals surface area contributed by atoms with Gasteiger partial charge in [-0.05, 0) is 12.8 Å². The molecule has 0 aliphatic rings. The number of rotatable bonds is 15. The van der Waals surface area contributed by atoms with E-state index in [-0.39, 0.29) is 26.4 Å². The Labute approximate surface area is 133 Å². The third kappa shape index (κ3) is 11.4. The van der Waals surface area contributed by atoms with Crippen molar-refractivity contribution >= 4 is 12.6 Å². The lowest BCUT2D eigenvalue weighted by atomic mass is 9.93. The Balaban J connectivity index is 3.33. The van der Waals surface area contributed by atoms with Crippen LogP contribution in [0.15, 0.2) is 0 Å². The van der Waals surface area contributed by atoms with Gasteiger partial charge in [0.1, 0.15) is 0 Å². The summed E-state index contributed by atoms with van der Waals surface area (Å²) in [7, 11) is 0. The van der Waals surface area contributed by atoms with Gasteiger partial charge in [-0.15, -0.1) is 12.6 Å². The normalized spacial score (nSPS) is 13.6. The van der Waals surface area contributed by atoms with Crippen LogP contribution in [-0.4, -0.2) is 58.9 Å². The fraction of sp³-hybridized carbons (Fsp3) is 1.00. The number of unbranched alkanes of at least 4 members (excludes halogenated alkanes) is 6. The predicted molar refractivity (Wildman–Crippen MR) is 86.4 cm³/mol. The van der Waals surface area contributed by atoms with E-state index in [1.54, 1.807) is 0 Å². The minimum atomic E-state index is -0.919. The van der Waals surface area contributed by atoms with Gasteiger partial charge in [0, 0.05) is 6.61 Å². The Hall–Kier alpha value is 0.150. The zero-order valence-corrected chi connectivity index (χ0v) is 13.8. The first-order valence-electron chi connectivity index (χ1n) is 7.86. The Kier molecular flexibility index (Phi) is 13.9. The molecular formula is C15H32O5S. The molecule has 21 heavy (non-hydrogen) atoms. The van der Waals surface area contributed by atoms with Gasteiger partial charge in [-0.2, -0.15) is 0 Å². The highest BCUT2D eigenvalue weighted by atomic mass is 32.1. The van der Waals surface area contributed by atoms with Crippen molar-refractivity contribution in [3.8, 4) is 0 Å². The fourth-order valence-electron chi connectivity index (χ4n) is 1.99. The molecular weight excluding hydrogens is 292 g/mol. The van der Waals surface area contributed by atoms with Crippen LogP contribution in [0, 0.1) is 5.41 Å². The highest BCUT2D eigenvalue weighted by molar-refractivity contribution is 7.80. The molecule has 0 aliphatic heterocycles. The molecule has 0 rings (SSSR count). The number of hydrogen-bond donors (Lipinski definition) is 5. The van der Waals surface area contributed by atoms with Gasteiger partial charge in [0.2, 0.25) is 0 Å². The number of aliphatic hydroxyl groups excluding tert-OH is 4. The molecule has 0 bridgehead atoms. The molecule has 0 aromatic heterocycles. The second-order valence-corrected chi connectivity index (χ2v) is 6.37. The van der Waals surface area contributed by atoms with E-state index in [2.05, 4.69) is 12.6 Å². The number of ether oxygens (including phenoxy) is 1. The first-order valence-corrected chi connectivity index (χ1v) is 8.38. The van der Waals surface area contributed by atoms with E-state index < -0.39 is 10.9 Å². The van der Waals surface area contributed by atoms with Crippen molar-refractivity contribution in [1.29, 1.82) is 0 Å². The van der Waals surface area contributed by atoms with Gasteiger partial charge in [-0.3, -0.25) is 0 Å². The van der Waals surface area contributed by atoms with E-state index in [9.17, 15) is 0 Å². The smallest absolute Gasteiger partial charge is 0.0964 e. The van der Waals surface area contributed by atoms with E-state index in [1.165, 1.54) is 12.8 Å². The molecule has 0 amide bonds. The van der Waals surface area contributed by atoms with Crippen LogP contribution in [0.1, 0.15) is 51.4 Å². The van der Waals surface area contributed by atoms with Gasteiger partial charge >= 0.3 is 0 Å². The average Bonchev–Trinajstić information content (AvgIpc) is 2.49. The third-order valence-corrected chi connectivity index (χ3v) is 3.92. The van der Waals surface area contributed by atoms with Crippen molar-refractivity contribution in [1.82, 2.24) is 0 Å². The topological polar surface area (TPSA) is 90.2 Å². The highest BCUT2D eigenvalue weighted by Gasteiger charge is 2.28. The fourth-order valence-corrected chi connectivity index (χ4v) is 2.17. The zero-order valence-electron chi connectivity index (χ0n) is 12.9. The summed E-state index contributed by atoms with van der Waals surface area (Å²) in [5, 5.41) is 36.4. The van der Waals surface area contributed by atoms with Crippen LogP contribution in [0.2, 0.25) is 0 Å². The van der Waals surface area contributed by atoms with Crippen LogP contribution < -0.4 is 0 Å². The lowest BCUT2D eigenvalue weighted by Crippen LogP contribution is -2.38. The lowest BCUT2D eigenvalue weighted by molar-refractivity contribution is -0.0582. The maximum atomic E-state index is 9.13. The average molecular weight is 324 g/mol. The summed E-state index contributed by atoms with van der Waals surface area (Å²) < 4.78 is 5.43. The molecule has 0 aromatic carbocycles. The van der Waals surface area contributed by atoms with Crippen molar-refractivity contribution in [2.24, 2.45) is 5.41 Å². The van der Waals surface area contributed by atoms with Crippen LogP contribution in [0.25, 0.3) is 0 Å². The largest absolute Gasteiger partial charge is 0.396 e. The lowest BCUT2D eigenvalue weighted by Gasteiger charge is -2.26. The first-order chi connectivity index (χ1) is 10.1. The van der Waals surface area contributed by atoms with Crippen LogP contribution in [0.5, 0.6) is 0 Å². The standard InChI is InChI=1S/C15H32O5S/c16-10-15(11-17,12-18)13-20-9-7-5-3-1-2-4-6-8-14(19)21/h14,16-19,21H,1-13H2. The van der Waals surface area contributed by atoms with Gasteiger partial charge < -0.3 is 25.2 Å². The SMILES string of the molecule is OCC(CO)(CO)COCCCCCCCCCC(O)S. The minimum Gasteiger partial charge on any atom is -0.396 e. The molecule has 4 N–H and O–H groups in total. The molecule has 0 fully saturated rings. The third-order valence-electron chi connectivity index (χ3n) is 3.67. The van der Waals surface area contributed by atoms with Gasteiger partial charge in [-0.1, -0.05) is 38.5 Å². The molecule has 5 nitrogen and oxygen atoms in total. The van der Waals surface area contributed by atoms with Crippen molar-refractivity contribution in [3.05, 3.63) is 0 Å². The van der Waals surface area contributed by atoms with E-state index in [0.717, 1.165) is 38.5 Å². The molecule has 0 heterocycles. The van der Waals surface area contributed by atoms with Gasteiger partial charge in [-0.25, -0.2) is 0 Å². The minimum absolute atomic E-state index is 0.183. The van der Waals surface area contributed by atoms with Gasteiger partial charge in [0.25, 0.3) is 0 Å². The van der Waals surface area contributed by atoms with Crippen LogP contribution in [-0.2, 0) is 4.74 Å². The van der Waals surface area contributed by atoms with Gasteiger partial charge in [0.05, 0.1) is 37.3 Å². The monoisotopic (exact) mass is 324 g/mol. The Morgan fingerprint density at radius 1 is 0.810 bits per heavy atom. The van der Waals surface area contributed by atoms with Crippen molar-refractivity contribution in [2.75, 3.05) is 33.0 Å². The molecule has 6 heteroatoms. The summed E-state index contributed by atoms with van der Waals surface area (Å²) in [5.41, 5.74) is -1.40.